The number of nitrogens with zero attached hydrogens (tertiary/aromatic N) is 1. The maximum atomic E-state index is 12.4. The molecule has 0 spiro atoms. The fourth-order valence-corrected chi connectivity index (χ4v) is 2.46. The van der Waals surface area contributed by atoms with Crippen LogP contribution >= 0.6 is 0 Å². The Morgan fingerprint density at radius 2 is 2.05 bits per heavy atom. The van der Waals surface area contributed by atoms with Crippen molar-refractivity contribution in [1.29, 1.82) is 0 Å². The van der Waals surface area contributed by atoms with Crippen LogP contribution in [0.4, 0.5) is 5.69 Å². The van der Waals surface area contributed by atoms with Crippen LogP contribution in [0.2, 0.25) is 0 Å². The summed E-state index contributed by atoms with van der Waals surface area (Å²) in [6.45, 7) is 11.4. The summed E-state index contributed by atoms with van der Waals surface area (Å²) in [5.74, 6) is -0.0380. The number of aromatic nitrogens is 1. The van der Waals surface area contributed by atoms with Crippen LogP contribution in [0.1, 0.15) is 76.8 Å². The molecule has 120 valence electrons. The largest absolute Gasteiger partial charge is 0.397 e. The number of hydrogen-bond donors (Lipinski definition) is 2. The van der Waals surface area contributed by atoms with E-state index >= 15 is 0 Å². The number of nitrogens with one attached hydrogen (secondary N) is 1. The van der Waals surface area contributed by atoms with Gasteiger partial charge in [-0.05, 0) is 31.7 Å². The van der Waals surface area contributed by atoms with E-state index in [4.69, 9.17) is 5.73 Å². The van der Waals surface area contributed by atoms with Crippen molar-refractivity contribution >= 4 is 11.6 Å². The molecule has 0 radical (unpaired) electrons. The summed E-state index contributed by atoms with van der Waals surface area (Å²) < 4.78 is 1.93. The third kappa shape index (κ3) is 5.44. The molecule has 0 aliphatic rings. The van der Waals surface area contributed by atoms with E-state index in [9.17, 15) is 4.79 Å². The molecule has 0 bridgehead atoms. The van der Waals surface area contributed by atoms with Crippen LogP contribution in [0.15, 0.2) is 12.3 Å². The van der Waals surface area contributed by atoms with Crippen molar-refractivity contribution in [3.8, 4) is 0 Å². The van der Waals surface area contributed by atoms with E-state index in [1.54, 1.807) is 6.07 Å². The molecule has 1 amide bonds. The molecule has 0 aliphatic heterocycles. The molecule has 1 aromatic heterocycles. The average molecular weight is 293 g/mol. The molecule has 0 saturated carbocycles. The number of nitrogen functional groups attached to an aromatic ring is 1. The summed E-state index contributed by atoms with van der Waals surface area (Å²) in [4.78, 5) is 12.4. The first-order chi connectivity index (χ1) is 9.76. The summed E-state index contributed by atoms with van der Waals surface area (Å²) in [6, 6.07) is 1.97. The summed E-state index contributed by atoms with van der Waals surface area (Å²) in [5.41, 5.74) is 7.23. The zero-order valence-electron chi connectivity index (χ0n) is 14.2. The molecule has 4 nitrogen and oxygen atoms in total. The Balaban J connectivity index is 2.61. The van der Waals surface area contributed by atoms with Crippen LogP contribution in [0, 0.1) is 5.41 Å². The molecule has 1 aromatic rings. The Morgan fingerprint density at radius 1 is 1.38 bits per heavy atom. The number of anilines is 1. The summed E-state index contributed by atoms with van der Waals surface area (Å²) in [5, 5.41) is 3.06. The molecular weight excluding hydrogens is 262 g/mol. The van der Waals surface area contributed by atoms with Crippen molar-refractivity contribution in [3.63, 3.8) is 0 Å². The molecule has 1 rings (SSSR count). The van der Waals surface area contributed by atoms with Gasteiger partial charge in [0.2, 0.25) is 0 Å². The highest BCUT2D eigenvalue weighted by Crippen LogP contribution is 2.23. The number of rotatable bonds is 8. The zero-order valence-corrected chi connectivity index (χ0v) is 14.2. The van der Waals surface area contributed by atoms with Crippen molar-refractivity contribution < 1.29 is 4.79 Å². The first-order valence-electron chi connectivity index (χ1n) is 8.02. The summed E-state index contributed by atoms with van der Waals surface area (Å²) in [6.07, 6.45) is 6.66. The molecule has 0 aliphatic carbocycles. The third-order valence-corrected chi connectivity index (χ3v) is 3.84. The van der Waals surface area contributed by atoms with Gasteiger partial charge in [-0.15, -0.1) is 0 Å². The van der Waals surface area contributed by atoms with Gasteiger partial charge in [0, 0.05) is 18.8 Å². The molecule has 0 aromatic carbocycles. The highest BCUT2D eigenvalue weighted by molar-refractivity contribution is 5.93. The Labute approximate surface area is 129 Å². The lowest BCUT2D eigenvalue weighted by molar-refractivity contribution is 0.0923. The van der Waals surface area contributed by atoms with Gasteiger partial charge in [-0.3, -0.25) is 4.79 Å². The predicted molar refractivity (Wildman–Crippen MR) is 89.5 cm³/mol. The first kappa shape index (κ1) is 17.6. The van der Waals surface area contributed by atoms with Gasteiger partial charge in [-0.25, -0.2) is 0 Å². The van der Waals surface area contributed by atoms with Gasteiger partial charge < -0.3 is 15.6 Å². The molecule has 4 heteroatoms. The molecule has 0 atom stereocenters. The smallest absolute Gasteiger partial charge is 0.268 e. The molecular formula is C17H31N3O. The minimum atomic E-state index is -0.0380. The average Bonchev–Trinajstić information content (AvgIpc) is 2.79. The monoisotopic (exact) mass is 293 g/mol. The van der Waals surface area contributed by atoms with Crippen molar-refractivity contribution in [2.75, 3.05) is 12.3 Å². The Kier molecular flexibility index (Phi) is 6.31. The number of nitrogens with two attached hydrogens (primary N) is 1. The zero-order chi connectivity index (χ0) is 16.0. The molecule has 0 saturated heterocycles. The fourth-order valence-electron chi connectivity index (χ4n) is 2.46. The topological polar surface area (TPSA) is 60.1 Å². The van der Waals surface area contributed by atoms with Crippen molar-refractivity contribution in [1.82, 2.24) is 9.88 Å². The number of carbonyl (C=O) groups is 1. The van der Waals surface area contributed by atoms with Crippen LogP contribution in [0.25, 0.3) is 0 Å². The molecule has 0 fully saturated rings. The summed E-state index contributed by atoms with van der Waals surface area (Å²) >= 11 is 0. The number of unbranched alkanes of at least 4 members (excludes halogenated alkanes) is 2. The number of amides is 1. The lowest BCUT2D eigenvalue weighted by Gasteiger charge is -2.25. The van der Waals surface area contributed by atoms with Crippen molar-refractivity contribution in [2.45, 2.75) is 66.3 Å². The minimum absolute atomic E-state index is 0.0380. The maximum Gasteiger partial charge on any atom is 0.268 e. The highest BCUT2D eigenvalue weighted by atomic mass is 16.1. The van der Waals surface area contributed by atoms with Crippen molar-refractivity contribution in [2.24, 2.45) is 5.41 Å². The second-order valence-electron chi connectivity index (χ2n) is 6.96. The second kappa shape index (κ2) is 7.53. The Morgan fingerprint density at radius 3 is 2.62 bits per heavy atom. The van der Waals surface area contributed by atoms with E-state index in [1.807, 2.05) is 24.6 Å². The molecule has 0 unspecified atom stereocenters. The van der Waals surface area contributed by atoms with Crippen LogP contribution < -0.4 is 11.1 Å². The van der Waals surface area contributed by atoms with Crippen LogP contribution in [0.5, 0.6) is 0 Å². The minimum Gasteiger partial charge on any atom is -0.397 e. The molecule has 3 N–H and O–H groups in total. The van der Waals surface area contributed by atoms with E-state index in [-0.39, 0.29) is 17.4 Å². The highest BCUT2D eigenvalue weighted by Gasteiger charge is 2.20. The SMILES string of the molecule is CCCCCC(C)(C)CNC(=O)c1cc(N)cn1C(C)C. The quantitative estimate of drug-likeness (QED) is 0.712. The van der Waals surface area contributed by atoms with Crippen LogP contribution in [0.3, 0.4) is 0 Å². The lowest BCUT2D eigenvalue weighted by Crippen LogP contribution is -2.35. The van der Waals surface area contributed by atoms with E-state index in [1.165, 1.54) is 19.3 Å². The van der Waals surface area contributed by atoms with Crippen LogP contribution in [-0.2, 0) is 0 Å². The van der Waals surface area contributed by atoms with Gasteiger partial charge in [0.15, 0.2) is 0 Å². The van der Waals surface area contributed by atoms with Gasteiger partial charge >= 0.3 is 0 Å². The first-order valence-corrected chi connectivity index (χ1v) is 8.02. The van der Waals surface area contributed by atoms with Gasteiger partial charge in [-0.1, -0.05) is 40.0 Å². The van der Waals surface area contributed by atoms with Gasteiger partial charge in [0.25, 0.3) is 5.91 Å². The predicted octanol–water partition coefficient (Wildman–Crippen LogP) is 3.99. The summed E-state index contributed by atoms with van der Waals surface area (Å²) in [7, 11) is 0. The normalized spacial score (nSPS) is 11.9. The number of carbonyl (C=O) groups excluding carboxylic acids is 1. The fraction of sp³-hybridized carbons (Fsp3) is 0.706. The number of hydrogen-bond acceptors (Lipinski definition) is 2. The van der Waals surface area contributed by atoms with E-state index in [0.717, 1.165) is 6.42 Å². The van der Waals surface area contributed by atoms with Gasteiger partial charge in [0.1, 0.15) is 5.69 Å². The van der Waals surface area contributed by atoms with E-state index < -0.39 is 0 Å². The van der Waals surface area contributed by atoms with Gasteiger partial charge in [0.05, 0.1) is 5.69 Å². The third-order valence-electron chi connectivity index (χ3n) is 3.84. The Hall–Kier alpha value is -1.45. The standard InChI is InChI=1S/C17H31N3O/c1-6-7-8-9-17(4,5)12-19-16(21)15-10-14(18)11-20(15)13(2)3/h10-11,13H,6-9,12,18H2,1-5H3,(H,19,21). The molecule has 1 heterocycles. The molecule has 21 heavy (non-hydrogen) atoms. The van der Waals surface area contributed by atoms with Gasteiger partial charge in [-0.2, -0.15) is 0 Å². The van der Waals surface area contributed by atoms with E-state index in [2.05, 4.69) is 26.1 Å². The van der Waals surface area contributed by atoms with Crippen molar-refractivity contribution in [3.05, 3.63) is 18.0 Å². The van der Waals surface area contributed by atoms with E-state index in [0.29, 0.717) is 17.9 Å². The maximum absolute atomic E-state index is 12.4. The second-order valence-corrected chi connectivity index (χ2v) is 6.96. The Bertz CT molecular complexity index is 461. The van der Waals surface area contributed by atoms with Crippen LogP contribution in [-0.4, -0.2) is 17.0 Å². The lowest BCUT2D eigenvalue weighted by atomic mass is 9.87.